The highest BCUT2D eigenvalue weighted by atomic mass is 32.2. The van der Waals surface area contributed by atoms with Crippen LogP contribution in [-0.2, 0) is 21.7 Å². The zero-order valence-corrected chi connectivity index (χ0v) is 15.2. The zero-order valence-electron chi connectivity index (χ0n) is 14.4. The quantitative estimate of drug-likeness (QED) is 0.513. The fraction of sp³-hybridized carbons (Fsp3) is 0.562. The van der Waals surface area contributed by atoms with E-state index in [2.05, 4.69) is 0 Å². The van der Waals surface area contributed by atoms with Crippen molar-refractivity contribution in [2.24, 2.45) is 0 Å². The molecule has 0 bridgehead atoms. The van der Waals surface area contributed by atoms with Gasteiger partial charge in [-0.3, -0.25) is 4.79 Å². The summed E-state index contributed by atoms with van der Waals surface area (Å²) in [5.41, 5.74) is -4.74. The lowest BCUT2D eigenvalue weighted by atomic mass is 9.82. The highest BCUT2D eigenvalue weighted by molar-refractivity contribution is 7.90. The number of hydrogen-bond donors (Lipinski definition) is 2. The Morgan fingerprint density at radius 3 is 2.23 bits per heavy atom. The summed E-state index contributed by atoms with van der Waals surface area (Å²) >= 11 is -2.42. The minimum absolute atomic E-state index is 0.724. The second kappa shape index (κ2) is 8.10. The lowest BCUT2D eigenvalue weighted by molar-refractivity contribution is -0.160. The smallest absolute Gasteiger partial charge is 0.303 e. The first-order valence-corrected chi connectivity index (χ1v) is 8.73. The molecule has 0 fully saturated rings. The first-order valence-electron chi connectivity index (χ1n) is 7.58. The minimum atomic E-state index is -4.41. The molecule has 148 valence electrons. The van der Waals surface area contributed by atoms with Gasteiger partial charge >= 0.3 is 5.97 Å². The number of rotatable bonds is 8. The van der Waals surface area contributed by atoms with Gasteiger partial charge in [-0.05, 0) is 26.8 Å². The number of carbonyl (C=O) groups is 1. The van der Waals surface area contributed by atoms with E-state index in [4.69, 9.17) is 5.11 Å². The number of benzene rings is 1. The van der Waals surface area contributed by atoms with E-state index in [0.717, 1.165) is 24.3 Å². The van der Waals surface area contributed by atoms with Crippen LogP contribution in [0.3, 0.4) is 0 Å². The molecule has 10 heteroatoms. The van der Waals surface area contributed by atoms with Crippen LogP contribution in [0.1, 0.15) is 39.2 Å². The van der Waals surface area contributed by atoms with Gasteiger partial charge in [-0.25, -0.2) is 22.0 Å². The molecule has 0 saturated heterocycles. The molecule has 2 N–H and O–H groups in total. The Morgan fingerprint density at radius 2 is 1.81 bits per heavy atom. The van der Waals surface area contributed by atoms with Crippen LogP contribution >= 0.6 is 0 Å². The third-order valence-corrected chi connectivity index (χ3v) is 5.29. The van der Waals surface area contributed by atoms with E-state index in [9.17, 15) is 31.3 Å². The number of aliphatic carboxylic acids is 1. The largest absolute Gasteiger partial charge is 0.598 e. The Bertz CT molecular complexity index is 639. The number of hydrogen-bond acceptors (Lipinski definition) is 3. The molecule has 0 aliphatic rings. The Hall–Kier alpha value is -1.39. The fourth-order valence-corrected chi connectivity index (χ4v) is 3.14. The molecule has 0 saturated carbocycles. The third kappa shape index (κ3) is 4.66. The van der Waals surface area contributed by atoms with Crippen LogP contribution < -0.4 is 4.72 Å². The Labute approximate surface area is 151 Å². The predicted molar refractivity (Wildman–Crippen MR) is 86.9 cm³/mol. The van der Waals surface area contributed by atoms with Gasteiger partial charge in [-0.1, -0.05) is 18.2 Å². The van der Waals surface area contributed by atoms with Gasteiger partial charge in [0.1, 0.15) is 10.6 Å². The lowest BCUT2D eigenvalue weighted by Gasteiger charge is -2.41. The maximum absolute atomic E-state index is 14.9. The van der Waals surface area contributed by atoms with Crippen LogP contribution in [0, 0.1) is 5.82 Å². The van der Waals surface area contributed by atoms with Crippen molar-refractivity contribution in [3.8, 4) is 0 Å². The van der Waals surface area contributed by atoms with Crippen LogP contribution in [0.2, 0.25) is 0 Å². The van der Waals surface area contributed by atoms with Crippen molar-refractivity contribution in [1.29, 1.82) is 0 Å². The number of alkyl halides is 4. The normalized spacial score (nSPS) is 16.4. The Balaban J connectivity index is 3.61. The molecule has 1 rings (SSSR count). The Kier molecular flexibility index (Phi) is 7.05. The van der Waals surface area contributed by atoms with Gasteiger partial charge in [0.15, 0.2) is 0 Å². The highest BCUT2D eigenvalue weighted by Gasteiger charge is 2.65. The molecule has 2 atom stereocenters. The van der Waals surface area contributed by atoms with Crippen LogP contribution in [-0.4, -0.2) is 32.7 Å². The fourth-order valence-electron chi connectivity index (χ4n) is 2.19. The summed E-state index contributed by atoms with van der Waals surface area (Å²) in [5, 5.41) is 8.64. The molecule has 0 aliphatic carbocycles. The minimum Gasteiger partial charge on any atom is -0.598 e. The van der Waals surface area contributed by atoms with Crippen molar-refractivity contribution in [2.45, 2.75) is 56.2 Å². The van der Waals surface area contributed by atoms with Crippen LogP contribution in [0.15, 0.2) is 24.3 Å². The van der Waals surface area contributed by atoms with E-state index in [1.165, 1.54) is 20.8 Å². The van der Waals surface area contributed by atoms with Crippen LogP contribution in [0.4, 0.5) is 22.0 Å². The van der Waals surface area contributed by atoms with E-state index in [1.807, 2.05) is 0 Å². The van der Waals surface area contributed by atoms with Crippen molar-refractivity contribution >= 4 is 17.3 Å². The van der Waals surface area contributed by atoms with Crippen molar-refractivity contribution < 1.29 is 36.4 Å². The average molecular weight is 401 g/mol. The van der Waals surface area contributed by atoms with Crippen molar-refractivity contribution in [3.05, 3.63) is 35.6 Å². The summed E-state index contributed by atoms with van der Waals surface area (Å²) in [5.74, 6) is -7.39. The van der Waals surface area contributed by atoms with Crippen LogP contribution in [0.25, 0.3) is 0 Å². The third-order valence-electron chi connectivity index (χ3n) is 3.67. The highest BCUT2D eigenvalue weighted by Crippen LogP contribution is 2.47. The van der Waals surface area contributed by atoms with Gasteiger partial charge in [-0.2, -0.15) is 0 Å². The van der Waals surface area contributed by atoms with Gasteiger partial charge in [0.25, 0.3) is 12.3 Å². The second-order valence-corrected chi connectivity index (χ2v) is 8.64. The van der Waals surface area contributed by atoms with Gasteiger partial charge in [-0.15, -0.1) is 4.72 Å². The van der Waals surface area contributed by atoms with Crippen molar-refractivity contribution in [2.75, 3.05) is 0 Å². The molecule has 0 aromatic heterocycles. The van der Waals surface area contributed by atoms with Gasteiger partial charge in [0.05, 0.1) is 6.42 Å². The molecule has 0 heterocycles. The summed E-state index contributed by atoms with van der Waals surface area (Å²) in [7, 11) is 0. The number of halogens is 5. The summed E-state index contributed by atoms with van der Waals surface area (Å²) in [4.78, 5) is 10.7. The predicted octanol–water partition coefficient (Wildman–Crippen LogP) is 3.84. The maximum atomic E-state index is 14.9. The summed E-state index contributed by atoms with van der Waals surface area (Å²) in [6.07, 6.45) is -6.50. The molecule has 0 radical (unpaired) electrons. The monoisotopic (exact) mass is 401 g/mol. The topological polar surface area (TPSA) is 72.4 Å². The van der Waals surface area contributed by atoms with E-state index in [-0.39, 0.29) is 0 Å². The zero-order chi connectivity index (χ0) is 20.3. The second-order valence-electron chi connectivity index (χ2n) is 6.67. The summed E-state index contributed by atoms with van der Waals surface area (Å²) in [6, 6.07) is 3.68. The molecule has 0 unspecified atom stereocenters. The first-order chi connectivity index (χ1) is 11.8. The lowest BCUT2D eigenvalue weighted by Crippen LogP contribution is -2.64. The SMILES string of the molecule is CC(C)(C)[S@@+]([O-])N[C@@](c1ccccc1F)(C(F)F)C(F)(F)CCC(=O)O. The van der Waals surface area contributed by atoms with Gasteiger partial charge < -0.3 is 9.66 Å². The van der Waals surface area contributed by atoms with Crippen molar-refractivity contribution in [3.63, 3.8) is 0 Å². The molecule has 26 heavy (non-hydrogen) atoms. The number of carboxylic acid groups (broad SMARTS) is 1. The molecular formula is C16H20F5NO3S. The molecule has 0 amide bonds. The molecule has 1 aromatic rings. The molecule has 0 aliphatic heterocycles. The Morgan fingerprint density at radius 1 is 1.27 bits per heavy atom. The summed E-state index contributed by atoms with van der Waals surface area (Å²) in [6.45, 7) is 4.09. The number of carboxylic acids is 1. The standard InChI is InChI=1S/C16H20F5NO3S/c1-14(2,3)26(25)22-16(13(18)19,10-6-4-5-7-11(10)17)15(20,21)9-8-12(23)24/h4-7,13,22H,8-9H2,1-3H3,(H,23,24)/t16-,26+/m0/s1. The molecule has 0 spiro atoms. The summed E-state index contributed by atoms with van der Waals surface area (Å²) < 4.78 is 84.8. The number of nitrogens with one attached hydrogen (secondary N) is 1. The van der Waals surface area contributed by atoms with Crippen LogP contribution in [0.5, 0.6) is 0 Å². The molecular weight excluding hydrogens is 381 g/mol. The molecule has 1 aromatic carbocycles. The van der Waals surface area contributed by atoms with E-state index in [1.54, 1.807) is 4.72 Å². The van der Waals surface area contributed by atoms with Gasteiger partial charge in [0.2, 0.25) is 5.54 Å². The molecule has 4 nitrogen and oxygen atoms in total. The first kappa shape index (κ1) is 22.7. The average Bonchev–Trinajstić information content (AvgIpc) is 2.49. The van der Waals surface area contributed by atoms with E-state index < -0.39 is 64.2 Å². The maximum Gasteiger partial charge on any atom is 0.303 e. The van der Waals surface area contributed by atoms with E-state index in [0.29, 0.717) is 0 Å². The van der Waals surface area contributed by atoms with E-state index >= 15 is 0 Å². The van der Waals surface area contributed by atoms with Gasteiger partial charge in [0, 0.05) is 23.3 Å². The van der Waals surface area contributed by atoms with Crippen molar-refractivity contribution in [1.82, 2.24) is 4.72 Å².